The molecule has 0 aliphatic rings. The maximum Gasteiger partial charge on any atom is 0.196 e. The summed E-state index contributed by atoms with van der Waals surface area (Å²) in [5, 5.41) is 11.2. The zero-order valence-electron chi connectivity index (χ0n) is 5.39. The van der Waals surface area contributed by atoms with E-state index in [2.05, 4.69) is 20.4 Å². The van der Waals surface area contributed by atoms with Gasteiger partial charge in [0, 0.05) is 0 Å². The van der Waals surface area contributed by atoms with Crippen LogP contribution in [0.1, 0.15) is 5.69 Å². The first-order chi connectivity index (χ1) is 4.86. The third-order valence-electron chi connectivity index (χ3n) is 1.16. The highest BCUT2D eigenvalue weighted by atomic mass is 15.5. The van der Waals surface area contributed by atoms with Gasteiger partial charge in [0.15, 0.2) is 5.65 Å². The molecular weight excluding hydrogens is 130 g/mol. The molecule has 0 aromatic carbocycles. The summed E-state index contributed by atoms with van der Waals surface area (Å²) in [4.78, 5) is 4.11. The highest BCUT2D eigenvalue weighted by Crippen LogP contribution is 1.92. The third kappa shape index (κ3) is 0.637. The molecule has 0 spiro atoms. The van der Waals surface area contributed by atoms with Gasteiger partial charge in [-0.15, -0.1) is 9.73 Å². The number of hydrogen-bond donors (Lipinski definition) is 0. The Morgan fingerprint density at radius 1 is 1.40 bits per heavy atom. The standard InChI is InChI=1S/C5H5N5/c1-4-2-7-10-5(8-4)3-6-9-10/h2-3H,1H3. The van der Waals surface area contributed by atoms with E-state index in [0.717, 1.165) is 5.69 Å². The lowest BCUT2D eigenvalue weighted by Crippen LogP contribution is -1.96. The van der Waals surface area contributed by atoms with Crippen molar-refractivity contribution in [3.63, 3.8) is 0 Å². The Balaban J connectivity index is 2.86. The third-order valence-corrected chi connectivity index (χ3v) is 1.16. The zero-order chi connectivity index (χ0) is 6.97. The number of nitrogens with zero attached hydrogens (tertiary/aromatic N) is 5. The smallest absolute Gasteiger partial charge is 0.196 e. The van der Waals surface area contributed by atoms with Crippen LogP contribution >= 0.6 is 0 Å². The van der Waals surface area contributed by atoms with Gasteiger partial charge in [-0.05, 0) is 12.1 Å². The molecule has 0 unspecified atom stereocenters. The molecule has 5 nitrogen and oxygen atoms in total. The molecule has 2 aromatic heterocycles. The molecule has 2 heterocycles. The van der Waals surface area contributed by atoms with Crippen molar-refractivity contribution >= 4 is 5.65 Å². The van der Waals surface area contributed by atoms with Gasteiger partial charge in [-0.3, -0.25) is 0 Å². The van der Waals surface area contributed by atoms with Crippen LogP contribution in [0.25, 0.3) is 5.65 Å². The predicted octanol–water partition coefficient (Wildman–Crippen LogP) is -0.172. The molecule has 50 valence electrons. The number of fused-ring (bicyclic) bond motifs is 1. The topological polar surface area (TPSA) is 56.0 Å². The Morgan fingerprint density at radius 2 is 2.30 bits per heavy atom. The van der Waals surface area contributed by atoms with Gasteiger partial charge in [-0.25, -0.2) is 4.98 Å². The Bertz CT molecular complexity index is 352. The van der Waals surface area contributed by atoms with E-state index in [9.17, 15) is 0 Å². The first-order valence-corrected chi connectivity index (χ1v) is 2.86. The summed E-state index contributed by atoms with van der Waals surface area (Å²) in [7, 11) is 0. The number of aryl methyl sites for hydroxylation is 1. The maximum atomic E-state index is 4.11. The summed E-state index contributed by atoms with van der Waals surface area (Å²) in [5.41, 5.74) is 1.55. The largest absolute Gasteiger partial charge is 0.229 e. The van der Waals surface area contributed by atoms with Gasteiger partial charge >= 0.3 is 0 Å². The minimum Gasteiger partial charge on any atom is -0.229 e. The molecule has 0 aliphatic heterocycles. The lowest BCUT2D eigenvalue weighted by atomic mass is 10.5. The molecule has 10 heavy (non-hydrogen) atoms. The molecule has 5 heteroatoms. The van der Waals surface area contributed by atoms with Gasteiger partial charge in [0.25, 0.3) is 0 Å². The summed E-state index contributed by atoms with van der Waals surface area (Å²) in [6.45, 7) is 1.88. The van der Waals surface area contributed by atoms with Crippen LogP contribution < -0.4 is 0 Å². The Morgan fingerprint density at radius 3 is 3.20 bits per heavy atom. The second kappa shape index (κ2) is 1.73. The van der Waals surface area contributed by atoms with Crippen LogP contribution in [-0.2, 0) is 0 Å². The SMILES string of the molecule is Cc1cnn2nncc2n1. The van der Waals surface area contributed by atoms with Crippen molar-refractivity contribution in [2.24, 2.45) is 0 Å². The van der Waals surface area contributed by atoms with E-state index >= 15 is 0 Å². The van der Waals surface area contributed by atoms with Gasteiger partial charge in [0.05, 0.1) is 18.1 Å². The van der Waals surface area contributed by atoms with Crippen molar-refractivity contribution in [3.05, 3.63) is 18.1 Å². The Hall–Kier alpha value is -1.52. The molecule has 2 rings (SSSR count). The van der Waals surface area contributed by atoms with Crippen molar-refractivity contribution in [2.45, 2.75) is 6.92 Å². The Kier molecular flexibility index (Phi) is 0.913. The Labute approximate surface area is 56.7 Å². The van der Waals surface area contributed by atoms with Crippen LogP contribution in [-0.4, -0.2) is 25.0 Å². The summed E-state index contributed by atoms with van der Waals surface area (Å²) < 4.78 is 1.38. The monoisotopic (exact) mass is 135 g/mol. The van der Waals surface area contributed by atoms with Gasteiger partial charge in [-0.1, -0.05) is 0 Å². The highest BCUT2D eigenvalue weighted by Gasteiger charge is 1.94. The van der Waals surface area contributed by atoms with Crippen LogP contribution in [0.4, 0.5) is 0 Å². The van der Waals surface area contributed by atoms with Crippen molar-refractivity contribution in [1.29, 1.82) is 0 Å². The van der Waals surface area contributed by atoms with Crippen molar-refractivity contribution in [3.8, 4) is 0 Å². The molecule has 0 amide bonds. The molecule has 0 radical (unpaired) electrons. The average Bonchev–Trinajstić information content (AvgIpc) is 2.33. The number of rotatable bonds is 0. The van der Waals surface area contributed by atoms with Crippen molar-refractivity contribution < 1.29 is 0 Å². The minimum absolute atomic E-state index is 0.681. The van der Waals surface area contributed by atoms with Crippen molar-refractivity contribution in [1.82, 2.24) is 25.0 Å². The summed E-state index contributed by atoms with van der Waals surface area (Å²) >= 11 is 0. The first-order valence-electron chi connectivity index (χ1n) is 2.86. The van der Waals surface area contributed by atoms with Crippen LogP contribution in [0, 0.1) is 6.92 Å². The lowest BCUT2D eigenvalue weighted by molar-refractivity contribution is 0.727. The van der Waals surface area contributed by atoms with Crippen molar-refractivity contribution in [2.75, 3.05) is 0 Å². The fourth-order valence-electron chi connectivity index (χ4n) is 0.727. The van der Waals surface area contributed by atoms with E-state index in [1.165, 1.54) is 4.63 Å². The minimum atomic E-state index is 0.681. The lowest BCUT2D eigenvalue weighted by Gasteiger charge is -1.88. The van der Waals surface area contributed by atoms with Crippen LogP contribution in [0.3, 0.4) is 0 Å². The van der Waals surface area contributed by atoms with E-state index in [1.807, 2.05) is 6.92 Å². The molecule has 0 aliphatic carbocycles. The molecule has 0 fully saturated rings. The molecule has 2 aromatic rings. The quantitative estimate of drug-likeness (QED) is 0.503. The fourth-order valence-corrected chi connectivity index (χ4v) is 0.727. The summed E-state index contributed by atoms with van der Waals surface area (Å²) in [5.74, 6) is 0. The molecule has 0 bridgehead atoms. The zero-order valence-corrected chi connectivity index (χ0v) is 5.39. The van der Waals surface area contributed by atoms with Crippen LogP contribution in [0.15, 0.2) is 12.4 Å². The van der Waals surface area contributed by atoms with E-state index in [1.54, 1.807) is 12.4 Å². The fraction of sp³-hybridized carbons (Fsp3) is 0.200. The second-order valence-electron chi connectivity index (χ2n) is 1.98. The highest BCUT2D eigenvalue weighted by molar-refractivity contribution is 5.30. The molecule has 0 saturated carbocycles. The predicted molar refractivity (Wildman–Crippen MR) is 33.3 cm³/mol. The summed E-state index contributed by atoms with van der Waals surface area (Å²) in [6, 6.07) is 0. The maximum absolute atomic E-state index is 4.11. The van der Waals surface area contributed by atoms with Gasteiger partial charge in [-0.2, -0.15) is 5.10 Å². The van der Waals surface area contributed by atoms with Gasteiger partial charge in [0.2, 0.25) is 0 Å². The number of hydrogen-bond acceptors (Lipinski definition) is 4. The van der Waals surface area contributed by atoms with Gasteiger partial charge in [0.1, 0.15) is 0 Å². The molecule has 0 saturated heterocycles. The first kappa shape index (κ1) is 5.28. The second-order valence-corrected chi connectivity index (χ2v) is 1.98. The number of aromatic nitrogens is 5. The van der Waals surface area contributed by atoms with Crippen LogP contribution in [0.2, 0.25) is 0 Å². The van der Waals surface area contributed by atoms with Gasteiger partial charge < -0.3 is 0 Å². The van der Waals surface area contributed by atoms with E-state index in [0.29, 0.717) is 5.65 Å². The van der Waals surface area contributed by atoms with E-state index in [4.69, 9.17) is 0 Å². The molecule has 0 atom stereocenters. The molecule has 0 N–H and O–H groups in total. The molecular formula is C5H5N5. The van der Waals surface area contributed by atoms with E-state index in [-0.39, 0.29) is 0 Å². The van der Waals surface area contributed by atoms with Crippen LogP contribution in [0.5, 0.6) is 0 Å². The normalized spacial score (nSPS) is 10.5. The average molecular weight is 135 g/mol. The summed E-state index contributed by atoms with van der Waals surface area (Å²) in [6.07, 6.45) is 3.21. The van der Waals surface area contributed by atoms with E-state index < -0.39 is 0 Å².